The monoisotopic (exact) mass is 239 g/mol. The molecule has 18 heavy (non-hydrogen) atoms. The van der Waals surface area contributed by atoms with Gasteiger partial charge in [-0.3, -0.25) is 0 Å². The Morgan fingerprint density at radius 3 is 2.67 bits per heavy atom. The second-order valence-electron chi connectivity index (χ2n) is 4.59. The topological polar surface area (TPSA) is 21.3 Å². The number of hydrogen-bond donors (Lipinski definition) is 1. The van der Waals surface area contributed by atoms with Gasteiger partial charge in [0.15, 0.2) is 0 Å². The van der Waals surface area contributed by atoms with Crippen LogP contribution in [-0.2, 0) is 6.42 Å². The molecule has 2 aromatic rings. The van der Waals surface area contributed by atoms with E-state index in [1.165, 1.54) is 11.1 Å². The Kier molecular flexibility index (Phi) is 3.29. The highest BCUT2D eigenvalue weighted by atomic mass is 16.5. The van der Waals surface area contributed by atoms with Crippen LogP contribution in [0, 0.1) is 0 Å². The third kappa shape index (κ3) is 2.39. The van der Waals surface area contributed by atoms with Gasteiger partial charge in [-0.1, -0.05) is 48.5 Å². The molecule has 0 amide bonds. The van der Waals surface area contributed by atoms with Crippen molar-refractivity contribution in [1.82, 2.24) is 5.32 Å². The minimum absolute atomic E-state index is 0.338. The number of para-hydroxylation sites is 1. The van der Waals surface area contributed by atoms with E-state index < -0.39 is 0 Å². The number of benzene rings is 2. The zero-order valence-electron chi connectivity index (χ0n) is 10.3. The van der Waals surface area contributed by atoms with Crippen molar-refractivity contribution in [3.05, 3.63) is 65.7 Å². The molecule has 1 aliphatic heterocycles. The van der Waals surface area contributed by atoms with Crippen LogP contribution in [-0.4, -0.2) is 13.2 Å². The van der Waals surface area contributed by atoms with Crippen molar-refractivity contribution in [2.75, 3.05) is 13.2 Å². The van der Waals surface area contributed by atoms with E-state index in [-0.39, 0.29) is 0 Å². The molecule has 1 unspecified atom stereocenters. The van der Waals surface area contributed by atoms with E-state index in [1.54, 1.807) is 0 Å². The molecule has 1 heterocycles. The van der Waals surface area contributed by atoms with Gasteiger partial charge in [-0.05, 0) is 24.6 Å². The minimum Gasteiger partial charge on any atom is -0.491 e. The van der Waals surface area contributed by atoms with Crippen LogP contribution in [0.5, 0.6) is 5.75 Å². The van der Waals surface area contributed by atoms with Gasteiger partial charge in [0.2, 0.25) is 0 Å². The standard InChI is InChI=1S/C16H17NO/c1-2-6-13(7-3-1)10-11-17-15-12-18-16-9-5-4-8-14(15)16/h1-9,15,17H,10-12H2. The molecular weight excluding hydrogens is 222 g/mol. The molecule has 2 heteroatoms. The molecule has 0 saturated carbocycles. The van der Waals surface area contributed by atoms with Crippen LogP contribution in [0.15, 0.2) is 54.6 Å². The number of nitrogens with one attached hydrogen (secondary N) is 1. The third-order valence-corrected chi connectivity index (χ3v) is 3.35. The van der Waals surface area contributed by atoms with Gasteiger partial charge in [0.1, 0.15) is 12.4 Å². The Balaban J connectivity index is 1.56. The van der Waals surface area contributed by atoms with Gasteiger partial charge < -0.3 is 10.1 Å². The number of hydrogen-bond acceptors (Lipinski definition) is 2. The van der Waals surface area contributed by atoms with Crippen LogP contribution in [0.25, 0.3) is 0 Å². The first-order valence-corrected chi connectivity index (χ1v) is 6.42. The maximum absolute atomic E-state index is 5.65. The minimum atomic E-state index is 0.338. The first-order valence-electron chi connectivity index (χ1n) is 6.42. The molecule has 0 bridgehead atoms. The van der Waals surface area contributed by atoms with Gasteiger partial charge >= 0.3 is 0 Å². The number of rotatable bonds is 4. The van der Waals surface area contributed by atoms with Crippen LogP contribution in [0.2, 0.25) is 0 Å². The van der Waals surface area contributed by atoms with Crippen molar-refractivity contribution >= 4 is 0 Å². The molecule has 0 aliphatic carbocycles. The predicted molar refractivity (Wildman–Crippen MR) is 72.8 cm³/mol. The van der Waals surface area contributed by atoms with Gasteiger partial charge in [-0.2, -0.15) is 0 Å². The van der Waals surface area contributed by atoms with Gasteiger partial charge in [-0.25, -0.2) is 0 Å². The summed E-state index contributed by atoms with van der Waals surface area (Å²) in [5.74, 6) is 1.02. The Morgan fingerprint density at radius 2 is 1.78 bits per heavy atom. The fraction of sp³-hybridized carbons (Fsp3) is 0.250. The molecule has 92 valence electrons. The fourth-order valence-corrected chi connectivity index (χ4v) is 2.37. The molecule has 0 radical (unpaired) electrons. The first kappa shape index (κ1) is 11.3. The summed E-state index contributed by atoms with van der Waals surface area (Å²) in [7, 11) is 0. The molecule has 0 spiro atoms. The molecule has 0 saturated heterocycles. The van der Waals surface area contributed by atoms with Crippen molar-refractivity contribution in [3.63, 3.8) is 0 Å². The number of ether oxygens (including phenoxy) is 1. The lowest BCUT2D eigenvalue weighted by atomic mass is 10.1. The van der Waals surface area contributed by atoms with Gasteiger partial charge in [-0.15, -0.1) is 0 Å². The van der Waals surface area contributed by atoms with Crippen LogP contribution >= 0.6 is 0 Å². The molecule has 1 aliphatic rings. The van der Waals surface area contributed by atoms with E-state index in [9.17, 15) is 0 Å². The lowest BCUT2D eigenvalue weighted by Crippen LogP contribution is -2.24. The summed E-state index contributed by atoms with van der Waals surface area (Å²) in [5.41, 5.74) is 2.66. The lowest BCUT2D eigenvalue weighted by molar-refractivity contribution is 0.312. The summed E-state index contributed by atoms with van der Waals surface area (Å²) in [4.78, 5) is 0. The largest absolute Gasteiger partial charge is 0.491 e. The summed E-state index contributed by atoms with van der Waals surface area (Å²) >= 11 is 0. The van der Waals surface area contributed by atoms with Crippen LogP contribution in [0.4, 0.5) is 0 Å². The quantitative estimate of drug-likeness (QED) is 0.885. The summed E-state index contributed by atoms with van der Waals surface area (Å²) in [6.45, 7) is 1.72. The Morgan fingerprint density at radius 1 is 1.00 bits per heavy atom. The normalized spacial score (nSPS) is 17.2. The van der Waals surface area contributed by atoms with E-state index in [0.29, 0.717) is 6.04 Å². The van der Waals surface area contributed by atoms with Crippen molar-refractivity contribution in [3.8, 4) is 5.75 Å². The second-order valence-corrected chi connectivity index (χ2v) is 4.59. The highest BCUT2D eigenvalue weighted by Gasteiger charge is 2.22. The van der Waals surface area contributed by atoms with Crippen molar-refractivity contribution in [1.29, 1.82) is 0 Å². The highest BCUT2D eigenvalue weighted by molar-refractivity contribution is 5.39. The molecular formula is C16H17NO. The Labute approximate surface area is 108 Å². The first-order chi connectivity index (χ1) is 8.93. The lowest BCUT2D eigenvalue weighted by Gasteiger charge is -2.11. The van der Waals surface area contributed by atoms with Gasteiger partial charge in [0.25, 0.3) is 0 Å². The molecule has 1 atom stereocenters. The van der Waals surface area contributed by atoms with Crippen molar-refractivity contribution < 1.29 is 4.74 Å². The maximum atomic E-state index is 5.65. The van der Waals surface area contributed by atoms with E-state index in [0.717, 1.165) is 25.3 Å². The Bertz CT molecular complexity index is 510. The predicted octanol–water partition coefficient (Wildman–Crippen LogP) is 2.95. The van der Waals surface area contributed by atoms with Crippen LogP contribution in [0.3, 0.4) is 0 Å². The SMILES string of the molecule is c1ccc(CCNC2COc3ccccc32)cc1. The zero-order chi connectivity index (χ0) is 12.2. The summed E-state index contributed by atoms with van der Waals surface area (Å²) in [5, 5.41) is 3.56. The fourth-order valence-electron chi connectivity index (χ4n) is 2.37. The van der Waals surface area contributed by atoms with Crippen LogP contribution < -0.4 is 10.1 Å². The van der Waals surface area contributed by atoms with Crippen molar-refractivity contribution in [2.24, 2.45) is 0 Å². The molecule has 0 aromatic heterocycles. The van der Waals surface area contributed by atoms with E-state index in [4.69, 9.17) is 4.74 Å². The van der Waals surface area contributed by atoms with Gasteiger partial charge in [0.05, 0.1) is 6.04 Å². The summed E-state index contributed by atoms with van der Waals surface area (Å²) in [6, 6.07) is 19.2. The van der Waals surface area contributed by atoms with Gasteiger partial charge in [0, 0.05) is 5.56 Å². The molecule has 1 N–H and O–H groups in total. The Hall–Kier alpha value is -1.80. The smallest absolute Gasteiger partial charge is 0.124 e. The maximum Gasteiger partial charge on any atom is 0.124 e. The molecule has 2 aromatic carbocycles. The molecule has 3 rings (SSSR count). The van der Waals surface area contributed by atoms with E-state index in [1.807, 2.05) is 12.1 Å². The summed E-state index contributed by atoms with van der Waals surface area (Å²) in [6.07, 6.45) is 1.06. The second kappa shape index (κ2) is 5.23. The van der Waals surface area contributed by atoms with Crippen LogP contribution in [0.1, 0.15) is 17.2 Å². The number of fused-ring (bicyclic) bond motifs is 1. The third-order valence-electron chi connectivity index (χ3n) is 3.35. The van der Waals surface area contributed by atoms with Crippen molar-refractivity contribution in [2.45, 2.75) is 12.5 Å². The summed E-state index contributed by atoms with van der Waals surface area (Å²) < 4.78 is 5.65. The molecule has 2 nitrogen and oxygen atoms in total. The van der Waals surface area contributed by atoms with E-state index in [2.05, 4.69) is 47.8 Å². The molecule has 0 fully saturated rings. The zero-order valence-corrected chi connectivity index (χ0v) is 10.3. The van der Waals surface area contributed by atoms with E-state index >= 15 is 0 Å². The highest BCUT2D eigenvalue weighted by Crippen LogP contribution is 2.31. The average molecular weight is 239 g/mol. The average Bonchev–Trinajstić information content (AvgIpc) is 2.84.